The van der Waals surface area contributed by atoms with E-state index >= 15 is 0 Å². The molecule has 6 nitrogen and oxygen atoms in total. The van der Waals surface area contributed by atoms with Crippen molar-refractivity contribution in [1.82, 2.24) is 0 Å². The van der Waals surface area contributed by atoms with Crippen molar-refractivity contribution in [2.24, 2.45) is 0 Å². The number of carbonyl (C=O) groups excluding carboxylic acids is 3. The molecule has 0 fully saturated rings. The summed E-state index contributed by atoms with van der Waals surface area (Å²) in [4.78, 5) is 38.2. The molecule has 0 aromatic heterocycles. The minimum absolute atomic E-state index is 0.0853. The standard InChI is InChI=1S/C63H110O6/c1-4-7-10-13-16-19-22-25-28-30-31-33-36-39-42-45-48-51-54-57-63(66)69-60(58-67-61(64)55-52-49-46-43-40-37-34-27-24-21-18-15-12-9-6-3)59-68-62(65)56-53-50-47-44-41-38-35-32-29-26-23-20-17-14-11-8-5-2/h9,12,17-18,20-21,25-29,34,60H,4-8,10-11,13-16,19,22-24,30-33,35-59H2,1-3H3/b12-9-,20-17-,21-18-,28-25-,29-26-,34-27-/t60-/m1/s1. The molecule has 0 aliphatic carbocycles. The summed E-state index contributed by atoms with van der Waals surface area (Å²) in [7, 11) is 0. The molecule has 0 N–H and O–H groups in total. The Kier molecular flexibility index (Phi) is 54.8. The van der Waals surface area contributed by atoms with Crippen LogP contribution in [0.2, 0.25) is 0 Å². The van der Waals surface area contributed by atoms with Crippen LogP contribution in [-0.2, 0) is 28.6 Å². The van der Waals surface area contributed by atoms with Crippen molar-refractivity contribution in [2.75, 3.05) is 13.2 Å². The number of allylic oxidation sites excluding steroid dienone is 12. The summed E-state index contributed by atoms with van der Waals surface area (Å²) in [5, 5.41) is 0. The van der Waals surface area contributed by atoms with E-state index in [0.29, 0.717) is 19.3 Å². The summed E-state index contributed by atoms with van der Waals surface area (Å²) in [6.45, 7) is 6.50. The van der Waals surface area contributed by atoms with Gasteiger partial charge < -0.3 is 14.2 Å². The smallest absolute Gasteiger partial charge is 0.306 e. The van der Waals surface area contributed by atoms with Gasteiger partial charge in [0.2, 0.25) is 0 Å². The Hall–Kier alpha value is -3.15. The third-order valence-electron chi connectivity index (χ3n) is 12.7. The second kappa shape index (κ2) is 57.4. The molecular weight excluding hydrogens is 853 g/mol. The van der Waals surface area contributed by atoms with Crippen LogP contribution in [-0.4, -0.2) is 37.2 Å². The van der Waals surface area contributed by atoms with Gasteiger partial charge in [-0.3, -0.25) is 14.4 Å². The van der Waals surface area contributed by atoms with Crippen LogP contribution >= 0.6 is 0 Å². The Balaban J connectivity index is 4.40. The zero-order valence-electron chi connectivity index (χ0n) is 45.6. The van der Waals surface area contributed by atoms with E-state index in [1.54, 1.807) is 0 Å². The Morgan fingerprint density at radius 3 is 0.928 bits per heavy atom. The van der Waals surface area contributed by atoms with Crippen molar-refractivity contribution in [3.63, 3.8) is 0 Å². The van der Waals surface area contributed by atoms with Crippen molar-refractivity contribution < 1.29 is 28.6 Å². The van der Waals surface area contributed by atoms with Crippen molar-refractivity contribution in [1.29, 1.82) is 0 Å². The Morgan fingerprint density at radius 2 is 0.565 bits per heavy atom. The minimum Gasteiger partial charge on any atom is -0.462 e. The van der Waals surface area contributed by atoms with Crippen LogP contribution in [0.5, 0.6) is 0 Å². The quantitative estimate of drug-likeness (QED) is 0.0262. The summed E-state index contributed by atoms with van der Waals surface area (Å²) in [5.74, 6) is -0.902. The maximum atomic E-state index is 12.9. The second-order valence-corrected chi connectivity index (χ2v) is 19.5. The monoisotopic (exact) mass is 963 g/mol. The maximum Gasteiger partial charge on any atom is 0.306 e. The van der Waals surface area contributed by atoms with Crippen molar-refractivity contribution in [2.45, 2.75) is 297 Å². The number of carbonyl (C=O) groups is 3. The van der Waals surface area contributed by atoms with Gasteiger partial charge >= 0.3 is 17.9 Å². The highest BCUT2D eigenvalue weighted by Gasteiger charge is 2.19. The van der Waals surface area contributed by atoms with Gasteiger partial charge in [0.05, 0.1) is 0 Å². The van der Waals surface area contributed by atoms with Crippen molar-refractivity contribution in [3.8, 4) is 0 Å². The third kappa shape index (κ3) is 55.6. The number of esters is 3. The lowest BCUT2D eigenvalue weighted by Crippen LogP contribution is -2.30. The molecule has 0 aliphatic rings. The zero-order chi connectivity index (χ0) is 50.0. The second-order valence-electron chi connectivity index (χ2n) is 19.5. The molecule has 0 radical (unpaired) electrons. The summed E-state index contributed by atoms with van der Waals surface area (Å²) in [5.41, 5.74) is 0. The molecule has 398 valence electrons. The van der Waals surface area contributed by atoms with E-state index in [0.717, 1.165) is 109 Å². The van der Waals surface area contributed by atoms with E-state index in [1.165, 1.54) is 141 Å². The third-order valence-corrected chi connectivity index (χ3v) is 12.7. The van der Waals surface area contributed by atoms with Crippen LogP contribution in [0, 0.1) is 0 Å². The molecule has 6 heteroatoms. The number of hydrogen-bond acceptors (Lipinski definition) is 6. The first-order valence-electron chi connectivity index (χ1n) is 29.4. The SMILES string of the molecule is CC/C=C\C/C=C\C/C=C\CCCCCCCC(=O)OC[C@H](COC(=O)CCCCCCCCC/C=C\C/C=C\CCCCC)OC(=O)CCCCCCCCCCC/C=C\CCCCCCCC. The van der Waals surface area contributed by atoms with E-state index in [4.69, 9.17) is 14.2 Å². The molecule has 0 heterocycles. The first-order valence-corrected chi connectivity index (χ1v) is 29.4. The van der Waals surface area contributed by atoms with E-state index in [1.807, 2.05) is 0 Å². The van der Waals surface area contributed by atoms with Crippen LogP contribution in [0.4, 0.5) is 0 Å². The zero-order valence-corrected chi connectivity index (χ0v) is 45.6. The predicted octanol–water partition coefficient (Wildman–Crippen LogP) is 19.8. The average molecular weight is 964 g/mol. The minimum atomic E-state index is -0.787. The molecule has 0 rings (SSSR count). The molecular formula is C63H110O6. The molecule has 69 heavy (non-hydrogen) atoms. The molecule has 0 aromatic rings. The molecule has 0 bridgehead atoms. The normalized spacial score (nSPS) is 12.6. The van der Waals surface area contributed by atoms with Gasteiger partial charge in [-0.15, -0.1) is 0 Å². The summed E-state index contributed by atoms with van der Waals surface area (Å²) < 4.78 is 16.9. The van der Waals surface area contributed by atoms with Crippen molar-refractivity contribution >= 4 is 17.9 Å². The highest BCUT2D eigenvalue weighted by atomic mass is 16.6. The fraction of sp³-hybridized carbons (Fsp3) is 0.762. The summed E-state index contributed by atoms with van der Waals surface area (Å²) in [6.07, 6.45) is 73.2. The average Bonchev–Trinajstić information content (AvgIpc) is 3.35. The first-order chi connectivity index (χ1) is 34.0. The lowest BCUT2D eigenvalue weighted by molar-refractivity contribution is -0.167. The maximum absolute atomic E-state index is 12.9. The van der Waals surface area contributed by atoms with Gasteiger partial charge in [0, 0.05) is 19.3 Å². The number of rotatable bonds is 53. The molecule has 0 aromatic carbocycles. The largest absolute Gasteiger partial charge is 0.462 e. The van der Waals surface area contributed by atoms with Gasteiger partial charge in [-0.05, 0) is 109 Å². The Morgan fingerprint density at radius 1 is 0.304 bits per heavy atom. The van der Waals surface area contributed by atoms with Crippen LogP contribution in [0.3, 0.4) is 0 Å². The summed E-state index contributed by atoms with van der Waals surface area (Å²) in [6, 6.07) is 0. The molecule has 0 unspecified atom stereocenters. The van der Waals surface area contributed by atoms with Gasteiger partial charge in [-0.2, -0.15) is 0 Å². The lowest BCUT2D eigenvalue weighted by Gasteiger charge is -2.18. The molecule has 0 spiro atoms. The fourth-order valence-corrected chi connectivity index (χ4v) is 8.25. The predicted molar refractivity (Wildman–Crippen MR) is 298 cm³/mol. The number of ether oxygens (including phenoxy) is 3. The Bertz CT molecular complexity index is 1290. The van der Waals surface area contributed by atoms with Crippen LogP contribution in [0.1, 0.15) is 290 Å². The van der Waals surface area contributed by atoms with Crippen LogP contribution in [0.15, 0.2) is 72.9 Å². The van der Waals surface area contributed by atoms with E-state index in [-0.39, 0.29) is 31.1 Å². The van der Waals surface area contributed by atoms with Crippen LogP contribution in [0.25, 0.3) is 0 Å². The van der Waals surface area contributed by atoms with Gasteiger partial charge in [0.15, 0.2) is 6.10 Å². The number of hydrogen-bond donors (Lipinski definition) is 0. The van der Waals surface area contributed by atoms with E-state index in [9.17, 15) is 14.4 Å². The van der Waals surface area contributed by atoms with E-state index < -0.39 is 6.10 Å². The van der Waals surface area contributed by atoms with Gasteiger partial charge in [-0.25, -0.2) is 0 Å². The van der Waals surface area contributed by atoms with Gasteiger partial charge in [-0.1, -0.05) is 235 Å². The Labute approximate surface area is 427 Å². The molecule has 0 amide bonds. The highest BCUT2D eigenvalue weighted by Crippen LogP contribution is 2.15. The lowest BCUT2D eigenvalue weighted by atomic mass is 10.1. The van der Waals surface area contributed by atoms with Gasteiger partial charge in [0.1, 0.15) is 13.2 Å². The van der Waals surface area contributed by atoms with Crippen LogP contribution < -0.4 is 0 Å². The highest BCUT2D eigenvalue weighted by molar-refractivity contribution is 5.71. The molecule has 1 atom stereocenters. The fourth-order valence-electron chi connectivity index (χ4n) is 8.25. The molecule has 0 saturated carbocycles. The molecule has 0 saturated heterocycles. The van der Waals surface area contributed by atoms with Gasteiger partial charge in [0.25, 0.3) is 0 Å². The first kappa shape index (κ1) is 65.8. The number of unbranched alkanes of at least 4 members (excludes halogenated alkanes) is 30. The topological polar surface area (TPSA) is 78.9 Å². The van der Waals surface area contributed by atoms with Crippen molar-refractivity contribution in [3.05, 3.63) is 72.9 Å². The molecule has 0 aliphatic heterocycles. The summed E-state index contributed by atoms with van der Waals surface area (Å²) >= 11 is 0. The van der Waals surface area contributed by atoms with E-state index in [2.05, 4.69) is 93.7 Å².